The van der Waals surface area contributed by atoms with Gasteiger partial charge in [0.25, 0.3) is 0 Å². The van der Waals surface area contributed by atoms with Crippen LogP contribution in [0.25, 0.3) is 11.4 Å². The molecule has 7 heteroatoms. The molecule has 0 spiro atoms. The first-order chi connectivity index (χ1) is 12.8. The van der Waals surface area contributed by atoms with Gasteiger partial charge in [0.05, 0.1) is 0 Å². The Balaban J connectivity index is 1.45. The fourth-order valence-electron chi connectivity index (χ4n) is 3.88. The average Bonchev–Trinajstić information content (AvgIpc) is 3.41. The molecule has 0 bridgehead atoms. The van der Waals surface area contributed by atoms with Gasteiger partial charge in [-0.3, -0.25) is 4.79 Å². The fraction of sp³-hybridized carbons (Fsp3) is 0.368. The van der Waals surface area contributed by atoms with Crippen molar-refractivity contribution in [3.63, 3.8) is 0 Å². The highest BCUT2D eigenvalue weighted by atomic mass is 16.5. The lowest BCUT2D eigenvalue weighted by Gasteiger charge is -2.21. The first-order valence-electron chi connectivity index (χ1n) is 9.06. The summed E-state index contributed by atoms with van der Waals surface area (Å²) in [6.07, 6.45) is 8.33. The number of anilines is 1. The molecule has 0 N–H and O–H groups in total. The highest BCUT2D eigenvalue weighted by molar-refractivity contribution is 5.95. The first-order valence-corrected chi connectivity index (χ1v) is 9.06. The van der Waals surface area contributed by atoms with Crippen LogP contribution in [-0.2, 0) is 11.2 Å². The van der Waals surface area contributed by atoms with E-state index in [2.05, 4.69) is 19.7 Å². The summed E-state index contributed by atoms with van der Waals surface area (Å²) in [5.74, 6) is 2.41. The van der Waals surface area contributed by atoms with Gasteiger partial charge in [0.1, 0.15) is 11.9 Å². The van der Waals surface area contributed by atoms with Crippen molar-refractivity contribution >= 4 is 11.6 Å². The molecule has 2 aliphatic heterocycles. The van der Waals surface area contributed by atoms with Gasteiger partial charge >= 0.3 is 0 Å². The zero-order valence-corrected chi connectivity index (χ0v) is 14.3. The van der Waals surface area contributed by atoms with E-state index in [0.29, 0.717) is 18.1 Å². The number of amides is 1. The second-order valence-corrected chi connectivity index (χ2v) is 6.81. The molecule has 0 aliphatic carbocycles. The number of rotatable bonds is 3. The third-order valence-corrected chi connectivity index (χ3v) is 5.18. The molecule has 1 unspecified atom stereocenters. The predicted octanol–water partition coefficient (Wildman–Crippen LogP) is 2.99. The number of aryl methyl sites for hydroxylation is 1. The van der Waals surface area contributed by atoms with Crippen molar-refractivity contribution in [1.29, 1.82) is 0 Å². The largest absolute Gasteiger partial charge is 0.337 e. The summed E-state index contributed by atoms with van der Waals surface area (Å²) in [6.45, 7) is 0.769. The Morgan fingerprint density at radius 1 is 1.19 bits per heavy atom. The van der Waals surface area contributed by atoms with Gasteiger partial charge < -0.3 is 14.0 Å². The quantitative estimate of drug-likeness (QED) is 0.726. The van der Waals surface area contributed by atoms with E-state index in [0.717, 1.165) is 49.3 Å². The highest BCUT2D eigenvalue weighted by Gasteiger charge is 2.27. The van der Waals surface area contributed by atoms with E-state index in [1.807, 2.05) is 41.6 Å². The van der Waals surface area contributed by atoms with E-state index in [1.54, 1.807) is 0 Å². The molecule has 0 radical (unpaired) electrons. The molecule has 4 heterocycles. The highest BCUT2D eigenvalue weighted by Crippen LogP contribution is 2.31. The van der Waals surface area contributed by atoms with E-state index in [1.165, 1.54) is 0 Å². The van der Waals surface area contributed by atoms with Gasteiger partial charge in [-0.15, -0.1) is 0 Å². The van der Waals surface area contributed by atoms with Crippen LogP contribution in [0, 0.1) is 0 Å². The van der Waals surface area contributed by atoms with Crippen molar-refractivity contribution in [2.45, 2.75) is 38.1 Å². The van der Waals surface area contributed by atoms with Crippen molar-refractivity contribution in [2.24, 2.45) is 0 Å². The maximum absolute atomic E-state index is 12.0. The SMILES string of the molecule is O=C1CCCN1c1cccc(-c2noc(C3CCCc4nccn43)n2)c1. The number of hydrogen-bond acceptors (Lipinski definition) is 5. The summed E-state index contributed by atoms with van der Waals surface area (Å²) < 4.78 is 7.71. The topological polar surface area (TPSA) is 77.0 Å². The number of nitrogens with zero attached hydrogens (tertiary/aromatic N) is 5. The average molecular weight is 349 g/mol. The molecule has 0 saturated carbocycles. The van der Waals surface area contributed by atoms with Crippen LogP contribution in [0.2, 0.25) is 0 Å². The first kappa shape index (κ1) is 15.3. The van der Waals surface area contributed by atoms with Crippen molar-refractivity contribution in [2.75, 3.05) is 11.4 Å². The summed E-state index contributed by atoms with van der Waals surface area (Å²) in [7, 11) is 0. The number of imidazole rings is 1. The van der Waals surface area contributed by atoms with Gasteiger partial charge in [0.2, 0.25) is 17.6 Å². The molecule has 26 heavy (non-hydrogen) atoms. The lowest BCUT2D eigenvalue weighted by Crippen LogP contribution is -2.23. The standard InChI is InChI=1S/C19H19N5O2/c25-17-8-3-10-23(17)14-5-1-4-13(12-14)18-21-19(26-22-18)15-6-2-7-16-20-9-11-24(15)16/h1,4-5,9,11-12,15H,2-3,6-8,10H2. The van der Waals surface area contributed by atoms with Crippen LogP contribution in [0.5, 0.6) is 0 Å². The maximum atomic E-state index is 12.0. The fourth-order valence-corrected chi connectivity index (χ4v) is 3.88. The molecular formula is C19H19N5O2. The number of carbonyl (C=O) groups is 1. The molecule has 1 saturated heterocycles. The predicted molar refractivity (Wildman–Crippen MR) is 94.6 cm³/mol. The second-order valence-electron chi connectivity index (χ2n) is 6.81. The Bertz CT molecular complexity index is 960. The maximum Gasteiger partial charge on any atom is 0.250 e. The summed E-state index contributed by atoms with van der Waals surface area (Å²) in [5.41, 5.74) is 1.75. The van der Waals surface area contributed by atoms with Gasteiger partial charge in [-0.05, 0) is 31.4 Å². The molecular weight excluding hydrogens is 330 g/mol. The number of fused-ring (bicyclic) bond motifs is 1. The molecule has 1 fully saturated rings. The Labute approximate surface area is 150 Å². The molecule has 2 aromatic heterocycles. The molecule has 3 aromatic rings. The Morgan fingerprint density at radius 2 is 2.15 bits per heavy atom. The molecule has 1 amide bonds. The zero-order valence-electron chi connectivity index (χ0n) is 14.3. The third-order valence-electron chi connectivity index (χ3n) is 5.18. The molecule has 1 aromatic carbocycles. The minimum Gasteiger partial charge on any atom is -0.337 e. The number of hydrogen-bond donors (Lipinski definition) is 0. The van der Waals surface area contributed by atoms with Crippen molar-refractivity contribution < 1.29 is 9.32 Å². The lowest BCUT2D eigenvalue weighted by molar-refractivity contribution is -0.117. The number of carbonyl (C=O) groups excluding carboxylic acids is 1. The lowest BCUT2D eigenvalue weighted by atomic mass is 10.0. The van der Waals surface area contributed by atoms with Gasteiger partial charge in [-0.2, -0.15) is 4.98 Å². The molecule has 1 atom stereocenters. The van der Waals surface area contributed by atoms with Crippen LogP contribution in [0.4, 0.5) is 5.69 Å². The Morgan fingerprint density at radius 3 is 3.04 bits per heavy atom. The number of aromatic nitrogens is 4. The van der Waals surface area contributed by atoms with Crippen molar-refractivity contribution in [3.05, 3.63) is 48.4 Å². The third kappa shape index (κ3) is 2.51. The van der Waals surface area contributed by atoms with Gasteiger partial charge in [-0.25, -0.2) is 4.98 Å². The Hall–Kier alpha value is -2.96. The monoisotopic (exact) mass is 349 g/mol. The summed E-state index contributed by atoms with van der Waals surface area (Å²) in [6, 6.07) is 7.84. The Kier molecular flexibility index (Phi) is 3.58. The normalized spacial score (nSPS) is 19.8. The van der Waals surface area contributed by atoms with Crippen molar-refractivity contribution in [3.8, 4) is 11.4 Å². The van der Waals surface area contributed by atoms with Gasteiger partial charge in [0, 0.05) is 43.0 Å². The summed E-state index contributed by atoms with van der Waals surface area (Å²) in [5, 5.41) is 4.18. The van der Waals surface area contributed by atoms with Crippen LogP contribution in [0.3, 0.4) is 0 Å². The van der Waals surface area contributed by atoms with E-state index < -0.39 is 0 Å². The van der Waals surface area contributed by atoms with E-state index >= 15 is 0 Å². The zero-order chi connectivity index (χ0) is 17.5. The molecule has 132 valence electrons. The smallest absolute Gasteiger partial charge is 0.250 e. The number of benzene rings is 1. The van der Waals surface area contributed by atoms with Crippen LogP contribution in [-0.4, -0.2) is 32.1 Å². The minimum absolute atomic E-state index is 0.0471. The van der Waals surface area contributed by atoms with Crippen molar-refractivity contribution in [1.82, 2.24) is 19.7 Å². The minimum atomic E-state index is 0.0471. The summed E-state index contributed by atoms with van der Waals surface area (Å²) >= 11 is 0. The van der Waals surface area contributed by atoms with Gasteiger partial charge in [-0.1, -0.05) is 17.3 Å². The van der Waals surface area contributed by atoms with Gasteiger partial charge in [0.15, 0.2) is 0 Å². The summed E-state index contributed by atoms with van der Waals surface area (Å²) in [4.78, 5) is 22.9. The van der Waals surface area contributed by atoms with E-state index in [-0.39, 0.29) is 11.9 Å². The molecule has 7 nitrogen and oxygen atoms in total. The van der Waals surface area contributed by atoms with Crippen LogP contribution >= 0.6 is 0 Å². The van der Waals surface area contributed by atoms with Crippen LogP contribution in [0.1, 0.15) is 43.4 Å². The molecule has 5 rings (SSSR count). The second kappa shape index (κ2) is 6.09. The van der Waals surface area contributed by atoms with E-state index in [9.17, 15) is 4.79 Å². The van der Waals surface area contributed by atoms with E-state index in [4.69, 9.17) is 4.52 Å². The molecule has 2 aliphatic rings. The van der Waals surface area contributed by atoms with Crippen LogP contribution in [0.15, 0.2) is 41.2 Å². The van der Waals surface area contributed by atoms with Crippen LogP contribution < -0.4 is 4.90 Å².